The van der Waals surface area contributed by atoms with Gasteiger partial charge in [0.1, 0.15) is 0 Å². The summed E-state index contributed by atoms with van der Waals surface area (Å²) < 4.78 is 5.46. The van der Waals surface area contributed by atoms with Crippen LogP contribution in [-0.2, 0) is 0 Å². The minimum atomic E-state index is -0.227. The van der Waals surface area contributed by atoms with E-state index in [-0.39, 0.29) is 6.04 Å². The molecule has 15 heavy (non-hydrogen) atoms. The van der Waals surface area contributed by atoms with Crippen molar-refractivity contribution < 1.29 is 4.42 Å². The van der Waals surface area contributed by atoms with Crippen molar-refractivity contribution in [3.05, 3.63) is 35.7 Å². The molecule has 2 rings (SSSR count). The van der Waals surface area contributed by atoms with Crippen LogP contribution in [0, 0.1) is 6.92 Å². The van der Waals surface area contributed by atoms with Crippen molar-refractivity contribution in [3.63, 3.8) is 0 Å². The molecule has 0 aliphatic rings. The van der Waals surface area contributed by atoms with Gasteiger partial charge in [0, 0.05) is 5.56 Å². The molecule has 2 N–H and O–H groups in total. The third-order valence-electron chi connectivity index (χ3n) is 2.21. The maximum absolute atomic E-state index is 5.65. The zero-order valence-corrected chi connectivity index (χ0v) is 8.77. The predicted molar refractivity (Wildman–Crippen MR) is 57.1 cm³/mol. The van der Waals surface area contributed by atoms with Gasteiger partial charge in [-0.25, -0.2) is 0 Å². The molecule has 0 saturated heterocycles. The fraction of sp³-hybridized carbons (Fsp3) is 0.273. The monoisotopic (exact) mass is 203 g/mol. The number of aromatic nitrogens is 2. The molecular formula is C11H13N3O. The number of rotatable bonds is 2. The second-order valence-corrected chi connectivity index (χ2v) is 3.55. The minimum Gasteiger partial charge on any atom is -0.419 e. The number of hydrogen-bond acceptors (Lipinski definition) is 4. The fourth-order valence-electron chi connectivity index (χ4n) is 1.34. The van der Waals surface area contributed by atoms with Gasteiger partial charge in [-0.1, -0.05) is 18.2 Å². The van der Waals surface area contributed by atoms with E-state index in [0.29, 0.717) is 11.8 Å². The molecule has 1 aromatic heterocycles. The lowest BCUT2D eigenvalue weighted by molar-refractivity contribution is 0.473. The van der Waals surface area contributed by atoms with Crippen molar-refractivity contribution in [2.45, 2.75) is 19.9 Å². The van der Waals surface area contributed by atoms with Gasteiger partial charge in [-0.15, -0.1) is 10.2 Å². The molecule has 0 amide bonds. The summed E-state index contributed by atoms with van der Waals surface area (Å²) in [6.45, 7) is 3.82. The normalized spacial score (nSPS) is 12.7. The lowest BCUT2D eigenvalue weighted by Gasteiger charge is -1.99. The zero-order chi connectivity index (χ0) is 10.8. The van der Waals surface area contributed by atoms with Crippen LogP contribution in [0.25, 0.3) is 11.5 Å². The van der Waals surface area contributed by atoms with Gasteiger partial charge in [0.2, 0.25) is 11.8 Å². The third kappa shape index (κ3) is 1.89. The summed E-state index contributed by atoms with van der Waals surface area (Å²) in [7, 11) is 0. The number of aryl methyl sites for hydroxylation is 1. The van der Waals surface area contributed by atoms with Gasteiger partial charge in [-0.05, 0) is 25.5 Å². The second kappa shape index (κ2) is 3.82. The topological polar surface area (TPSA) is 64.9 Å². The Morgan fingerprint density at radius 1 is 1.27 bits per heavy atom. The van der Waals surface area contributed by atoms with E-state index in [1.54, 1.807) is 0 Å². The Bertz CT molecular complexity index is 462. The molecule has 0 spiro atoms. The van der Waals surface area contributed by atoms with Gasteiger partial charge in [0.25, 0.3) is 0 Å². The quantitative estimate of drug-likeness (QED) is 0.811. The van der Waals surface area contributed by atoms with Crippen molar-refractivity contribution in [1.29, 1.82) is 0 Å². The van der Waals surface area contributed by atoms with Crippen LogP contribution in [0.4, 0.5) is 0 Å². The largest absolute Gasteiger partial charge is 0.419 e. The van der Waals surface area contributed by atoms with E-state index in [1.165, 1.54) is 0 Å². The second-order valence-electron chi connectivity index (χ2n) is 3.55. The Balaban J connectivity index is 2.42. The van der Waals surface area contributed by atoms with Gasteiger partial charge < -0.3 is 10.2 Å². The highest BCUT2D eigenvalue weighted by Crippen LogP contribution is 2.22. The Hall–Kier alpha value is -1.68. The Kier molecular flexibility index (Phi) is 2.51. The van der Waals surface area contributed by atoms with Crippen LogP contribution in [0.15, 0.2) is 28.7 Å². The van der Waals surface area contributed by atoms with Gasteiger partial charge >= 0.3 is 0 Å². The predicted octanol–water partition coefficient (Wildman–Crippen LogP) is 2.06. The van der Waals surface area contributed by atoms with Crippen LogP contribution in [0.5, 0.6) is 0 Å². The molecule has 1 unspecified atom stereocenters. The Labute approximate surface area is 88.1 Å². The van der Waals surface area contributed by atoms with Crippen LogP contribution >= 0.6 is 0 Å². The van der Waals surface area contributed by atoms with E-state index in [9.17, 15) is 0 Å². The number of hydrogen-bond donors (Lipinski definition) is 1. The molecule has 0 aliphatic carbocycles. The van der Waals surface area contributed by atoms with E-state index in [4.69, 9.17) is 10.2 Å². The number of nitrogens with two attached hydrogens (primary N) is 1. The average molecular weight is 203 g/mol. The number of nitrogens with zero attached hydrogens (tertiary/aromatic N) is 2. The van der Waals surface area contributed by atoms with Crippen molar-refractivity contribution in [2.75, 3.05) is 0 Å². The molecule has 1 atom stereocenters. The molecule has 0 aliphatic heterocycles. The van der Waals surface area contributed by atoms with E-state index >= 15 is 0 Å². The first kappa shape index (κ1) is 9.86. The molecule has 0 saturated carbocycles. The summed E-state index contributed by atoms with van der Waals surface area (Å²) in [4.78, 5) is 0. The van der Waals surface area contributed by atoms with Crippen LogP contribution in [0.2, 0.25) is 0 Å². The van der Waals surface area contributed by atoms with Crippen molar-refractivity contribution in [1.82, 2.24) is 10.2 Å². The van der Waals surface area contributed by atoms with E-state index < -0.39 is 0 Å². The number of benzene rings is 1. The fourth-order valence-corrected chi connectivity index (χ4v) is 1.34. The summed E-state index contributed by atoms with van der Waals surface area (Å²) in [5.41, 5.74) is 7.71. The smallest absolute Gasteiger partial charge is 0.248 e. The Morgan fingerprint density at radius 2 is 2.00 bits per heavy atom. The third-order valence-corrected chi connectivity index (χ3v) is 2.21. The summed E-state index contributed by atoms with van der Waals surface area (Å²) in [5, 5.41) is 7.86. The summed E-state index contributed by atoms with van der Waals surface area (Å²) >= 11 is 0. The molecule has 1 heterocycles. The lowest BCUT2D eigenvalue weighted by atomic mass is 10.1. The first-order chi connectivity index (χ1) is 7.18. The van der Waals surface area contributed by atoms with Crippen LogP contribution < -0.4 is 5.73 Å². The highest BCUT2D eigenvalue weighted by Gasteiger charge is 2.12. The SMILES string of the molecule is Cc1ccccc1-c1nnc(C(C)N)o1. The molecule has 2 aromatic rings. The molecule has 1 aromatic carbocycles. The molecule has 4 nitrogen and oxygen atoms in total. The molecular weight excluding hydrogens is 190 g/mol. The van der Waals surface area contributed by atoms with Crippen LogP contribution in [0.3, 0.4) is 0 Å². The zero-order valence-electron chi connectivity index (χ0n) is 8.77. The van der Waals surface area contributed by atoms with E-state index in [0.717, 1.165) is 11.1 Å². The first-order valence-corrected chi connectivity index (χ1v) is 4.83. The van der Waals surface area contributed by atoms with Crippen LogP contribution in [-0.4, -0.2) is 10.2 Å². The van der Waals surface area contributed by atoms with Gasteiger partial charge in [-0.3, -0.25) is 0 Å². The molecule has 4 heteroatoms. The molecule has 0 fully saturated rings. The highest BCUT2D eigenvalue weighted by molar-refractivity contribution is 5.57. The summed E-state index contributed by atoms with van der Waals surface area (Å²) in [6.07, 6.45) is 0. The van der Waals surface area contributed by atoms with Gasteiger partial charge in [0.05, 0.1) is 6.04 Å². The van der Waals surface area contributed by atoms with Gasteiger partial charge in [-0.2, -0.15) is 0 Å². The average Bonchev–Trinajstić information content (AvgIpc) is 2.67. The standard InChI is InChI=1S/C11H13N3O/c1-7-5-3-4-6-9(7)11-14-13-10(15-11)8(2)12/h3-6,8H,12H2,1-2H3. The molecule has 78 valence electrons. The highest BCUT2D eigenvalue weighted by atomic mass is 16.4. The van der Waals surface area contributed by atoms with E-state index in [2.05, 4.69) is 10.2 Å². The maximum atomic E-state index is 5.65. The van der Waals surface area contributed by atoms with Crippen molar-refractivity contribution in [3.8, 4) is 11.5 Å². The van der Waals surface area contributed by atoms with Crippen LogP contribution in [0.1, 0.15) is 24.4 Å². The van der Waals surface area contributed by atoms with Crippen molar-refractivity contribution in [2.24, 2.45) is 5.73 Å². The minimum absolute atomic E-state index is 0.227. The van der Waals surface area contributed by atoms with Gasteiger partial charge in [0.15, 0.2) is 0 Å². The lowest BCUT2D eigenvalue weighted by Crippen LogP contribution is -2.04. The Morgan fingerprint density at radius 3 is 2.60 bits per heavy atom. The summed E-state index contributed by atoms with van der Waals surface area (Å²) in [6, 6.07) is 7.65. The van der Waals surface area contributed by atoms with E-state index in [1.807, 2.05) is 38.1 Å². The van der Waals surface area contributed by atoms with Crippen molar-refractivity contribution >= 4 is 0 Å². The molecule has 0 bridgehead atoms. The maximum Gasteiger partial charge on any atom is 0.248 e. The molecule has 0 radical (unpaired) electrons. The first-order valence-electron chi connectivity index (χ1n) is 4.83. The summed E-state index contributed by atoms with van der Waals surface area (Å²) in [5.74, 6) is 0.994.